The average molecular weight is 450 g/mol. The van der Waals surface area contributed by atoms with Crippen molar-refractivity contribution < 1.29 is 27.1 Å². The van der Waals surface area contributed by atoms with Crippen LogP contribution in [-0.2, 0) is 26.3 Å². The molecule has 1 amide bonds. The molecule has 1 N–H and O–H groups in total. The summed E-state index contributed by atoms with van der Waals surface area (Å²) in [6, 6.07) is 12.1. The molecule has 1 aliphatic rings. The number of halogens is 1. The number of rotatable bonds is 7. The summed E-state index contributed by atoms with van der Waals surface area (Å²) in [5.74, 6) is -1.60. The van der Waals surface area contributed by atoms with E-state index >= 15 is 0 Å². The third-order valence-corrected chi connectivity index (χ3v) is 6.66. The highest BCUT2D eigenvalue weighted by atomic mass is 32.2. The molecule has 1 heterocycles. The number of anilines is 1. The van der Waals surface area contributed by atoms with Crippen molar-refractivity contribution in [3.05, 3.63) is 65.5 Å². The quantitative estimate of drug-likeness (QED) is 0.655. The molecule has 31 heavy (non-hydrogen) atoms. The van der Waals surface area contributed by atoms with Gasteiger partial charge in [-0.2, -0.15) is 17.0 Å². The van der Waals surface area contributed by atoms with Crippen molar-refractivity contribution >= 4 is 27.8 Å². The van der Waals surface area contributed by atoms with E-state index in [-0.39, 0.29) is 37.5 Å². The molecule has 0 saturated carbocycles. The number of benzene rings is 2. The SMILES string of the molecule is CCOC(=O)c1ccccc1NC(=O)CN1CCCN(Cc2cccc(F)c2)S1(=O)=O. The van der Waals surface area contributed by atoms with Crippen molar-refractivity contribution in [3.8, 4) is 0 Å². The molecule has 1 aliphatic heterocycles. The van der Waals surface area contributed by atoms with Crippen LogP contribution in [0.4, 0.5) is 10.1 Å². The largest absolute Gasteiger partial charge is 0.462 e. The zero-order valence-electron chi connectivity index (χ0n) is 17.1. The fraction of sp³-hybridized carbons (Fsp3) is 0.333. The topological polar surface area (TPSA) is 96.0 Å². The Kier molecular flexibility index (Phi) is 7.37. The molecule has 8 nitrogen and oxygen atoms in total. The van der Waals surface area contributed by atoms with E-state index in [1.54, 1.807) is 31.2 Å². The number of amides is 1. The van der Waals surface area contributed by atoms with Crippen molar-refractivity contribution in [1.29, 1.82) is 0 Å². The van der Waals surface area contributed by atoms with E-state index in [4.69, 9.17) is 4.74 Å². The minimum atomic E-state index is -3.91. The average Bonchev–Trinajstić information content (AvgIpc) is 2.72. The highest BCUT2D eigenvalue weighted by Gasteiger charge is 2.34. The Morgan fingerprint density at radius 2 is 1.84 bits per heavy atom. The molecule has 0 aromatic heterocycles. The summed E-state index contributed by atoms with van der Waals surface area (Å²) in [5.41, 5.74) is 0.960. The number of carbonyl (C=O) groups excluding carboxylic acids is 2. The Morgan fingerprint density at radius 3 is 2.58 bits per heavy atom. The molecular formula is C21H24FN3O5S. The number of hydrogen-bond acceptors (Lipinski definition) is 5. The van der Waals surface area contributed by atoms with E-state index < -0.39 is 34.4 Å². The predicted molar refractivity (Wildman–Crippen MR) is 113 cm³/mol. The summed E-state index contributed by atoms with van der Waals surface area (Å²) in [7, 11) is -3.91. The molecule has 2 aromatic carbocycles. The lowest BCUT2D eigenvalue weighted by Crippen LogP contribution is -2.51. The van der Waals surface area contributed by atoms with Gasteiger partial charge < -0.3 is 10.1 Å². The van der Waals surface area contributed by atoms with Crippen LogP contribution in [0.25, 0.3) is 0 Å². The number of esters is 1. The standard InChI is InChI=1S/C21H24FN3O5S/c1-2-30-21(27)18-9-3-4-10-19(18)23-20(26)15-25-12-6-11-24(31(25,28)29)14-16-7-5-8-17(22)13-16/h3-5,7-10,13H,2,6,11-12,14-15H2,1H3,(H,23,26). The van der Waals surface area contributed by atoms with E-state index in [1.807, 2.05) is 0 Å². The highest BCUT2D eigenvalue weighted by molar-refractivity contribution is 7.86. The molecule has 166 valence electrons. The van der Waals surface area contributed by atoms with Gasteiger partial charge in [-0.3, -0.25) is 4.79 Å². The molecule has 0 aliphatic carbocycles. The zero-order valence-corrected chi connectivity index (χ0v) is 17.9. The van der Waals surface area contributed by atoms with Gasteiger partial charge in [0.2, 0.25) is 5.91 Å². The summed E-state index contributed by atoms with van der Waals surface area (Å²) in [6.07, 6.45) is 0.529. The lowest BCUT2D eigenvalue weighted by atomic mass is 10.2. The van der Waals surface area contributed by atoms with Gasteiger partial charge >= 0.3 is 5.97 Å². The number of para-hydroxylation sites is 1. The van der Waals surface area contributed by atoms with Crippen molar-refractivity contribution in [1.82, 2.24) is 8.61 Å². The molecule has 0 unspecified atom stereocenters. The third-order valence-electron chi connectivity index (χ3n) is 4.73. The number of carbonyl (C=O) groups is 2. The first kappa shape index (κ1) is 22.9. The van der Waals surface area contributed by atoms with Crippen LogP contribution in [0.1, 0.15) is 29.3 Å². The van der Waals surface area contributed by atoms with Gasteiger partial charge in [0.15, 0.2) is 0 Å². The molecular weight excluding hydrogens is 425 g/mol. The van der Waals surface area contributed by atoms with Gasteiger partial charge in [0.1, 0.15) is 5.82 Å². The summed E-state index contributed by atoms with van der Waals surface area (Å²) < 4.78 is 46.6. The van der Waals surface area contributed by atoms with Crippen LogP contribution in [0.3, 0.4) is 0 Å². The minimum absolute atomic E-state index is 0.0178. The van der Waals surface area contributed by atoms with Crippen LogP contribution in [0.2, 0.25) is 0 Å². The monoisotopic (exact) mass is 449 g/mol. The molecule has 3 rings (SSSR count). The van der Waals surface area contributed by atoms with Gasteiger partial charge in [0.25, 0.3) is 10.2 Å². The van der Waals surface area contributed by atoms with Gasteiger partial charge in [-0.1, -0.05) is 24.3 Å². The molecule has 1 fully saturated rings. The summed E-state index contributed by atoms with van der Waals surface area (Å²) >= 11 is 0. The van der Waals surface area contributed by atoms with Crippen LogP contribution < -0.4 is 5.32 Å². The Labute approximate surface area is 180 Å². The van der Waals surface area contributed by atoms with Crippen molar-refractivity contribution in [2.75, 3.05) is 31.6 Å². The first-order valence-corrected chi connectivity index (χ1v) is 11.3. The first-order valence-electron chi connectivity index (χ1n) is 9.87. The molecule has 0 radical (unpaired) electrons. The third kappa shape index (κ3) is 5.66. The van der Waals surface area contributed by atoms with Crippen molar-refractivity contribution in [2.45, 2.75) is 19.9 Å². The molecule has 0 atom stereocenters. The van der Waals surface area contributed by atoms with E-state index in [2.05, 4.69) is 5.32 Å². The normalized spacial score (nSPS) is 16.6. The van der Waals surface area contributed by atoms with Crippen molar-refractivity contribution in [2.24, 2.45) is 0 Å². The Morgan fingerprint density at radius 1 is 1.10 bits per heavy atom. The summed E-state index contributed by atoms with van der Waals surface area (Å²) in [6.45, 7) is 1.95. The first-order chi connectivity index (χ1) is 14.8. The lowest BCUT2D eigenvalue weighted by Gasteiger charge is -2.34. The van der Waals surface area contributed by atoms with E-state index in [9.17, 15) is 22.4 Å². The number of nitrogens with one attached hydrogen (secondary N) is 1. The number of ether oxygens (including phenoxy) is 1. The highest BCUT2D eigenvalue weighted by Crippen LogP contribution is 2.21. The second-order valence-corrected chi connectivity index (χ2v) is 8.90. The van der Waals surface area contributed by atoms with Crippen LogP contribution in [0.5, 0.6) is 0 Å². The fourth-order valence-corrected chi connectivity index (χ4v) is 4.95. The summed E-state index contributed by atoms with van der Waals surface area (Å²) in [4.78, 5) is 24.6. The van der Waals surface area contributed by atoms with Gasteiger partial charge in [0.05, 0.1) is 24.4 Å². The second kappa shape index (κ2) is 9.99. The predicted octanol–water partition coefficient (Wildman–Crippen LogP) is 2.39. The molecule has 1 saturated heterocycles. The molecule has 2 aromatic rings. The maximum Gasteiger partial charge on any atom is 0.340 e. The van der Waals surface area contributed by atoms with Crippen molar-refractivity contribution in [3.63, 3.8) is 0 Å². The maximum absolute atomic E-state index is 13.4. The summed E-state index contributed by atoms with van der Waals surface area (Å²) in [5, 5.41) is 2.59. The lowest BCUT2D eigenvalue weighted by molar-refractivity contribution is -0.116. The van der Waals surface area contributed by atoms with Gasteiger partial charge in [-0.25, -0.2) is 9.18 Å². The van der Waals surface area contributed by atoms with Gasteiger partial charge in [0, 0.05) is 19.6 Å². The minimum Gasteiger partial charge on any atom is -0.462 e. The zero-order chi connectivity index (χ0) is 22.4. The van der Waals surface area contributed by atoms with Crippen LogP contribution >= 0.6 is 0 Å². The Bertz CT molecular complexity index is 1060. The molecule has 0 spiro atoms. The fourth-order valence-electron chi connectivity index (χ4n) is 3.31. The van der Waals surface area contributed by atoms with E-state index in [0.717, 1.165) is 4.31 Å². The smallest absolute Gasteiger partial charge is 0.340 e. The molecule has 0 bridgehead atoms. The van der Waals surface area contributed by atoms with Gasteiger partial charge in [-0.15, -0.1) is 0 Å². The Hall–Kier alpha value is -2.82. The van der Waals surface area contributed by atoms with Crippen LogP contribution in [0, 0.1) is 5.82 Å². The van der Waals surface area contributed by atoms with E-state index in [1.165, 1.54) is 28.6 Å². The van der Waals surface area contributed by atoms with Gasteiger partial charge in [-0.05, 0) is 43.2 Å². The van der Waals surface area contributed by atoms with Crippen LogP contribution in [0.15, 0.2) is 48.5 Å². The number of nitrogens with zero attached hydrogens (tertiary/aromatic N) is 2. The Balaban J connectivity index is 1.69. The maximum atomic E-state index is 13.4. The molecule has 10 heteroatoms. The van der Waals surface area contributed by atoms with E-state index in [0.29, 0.717) is 12.0 Å². The second-order valence-electron chi connectivity index (χ2n) is 6.97. The number of hydrogen-bond donors (Lipinski definition) is 1. The van der Waals surface area contributed by atoms with Crippen LogP contribution in [-0.4, -0.2) is 55.1 Å².